The molecule has 4 N–H and O–H groups in total. The van der Waals surface area contributed by atoms with Crippen LogP contribution < -0.4 is 10.6 Å². The largest absolute Gasteiger partial charge is 0.392 e. The lowest BCUT2D eigenvalue weighted by molar-refractivity contribution is 0.102. The summed E-state index contributed by atoms with van der Waals surface area (Å²) < 4.78 is 1.88. The number of aliphatic hydroxyl groups excluding tert-OH is 1. The van der Waals surface area contributed by atoms with E-state index in [1.807, 2.05) is 35.0 Å². The van der Waals surface area contributed by atoms with Crippen molar-refractivity contribution in [2.45, 2.75) is 19.4 Å². The number of benzene rings is 2. The summed E-state index contributed by atoms with van der Waals surface area (Å²) in [6, 6.07) is 14.6. The summed E-state index contributed by atoms with van der Waals surface area (Å²) in [6.07, 6.45) is 5.22. The molecular formula is C24H23N9O2. The number of aromatic amines is 1. The third kappa shape index (κ3) is 5.14. The predicted octanol–water partition coefficient (Wildman–Crippen LogP) is 2.57. The fourth-order valence-electron chi connectivity index (χ4n) is 3.61. The summed E-state index contributed by atoms with van der Waals surface area (Å²) in [7, 11) is 0. The van der Waals surface area contributed by atoms with Crippen molar-refractivity contribution in [1.82, 2.24) is 34.9 Å². The van der Waals surface area contributed by atoms with Crippen LogP contribution in [0.5, 0.6) is 0 Å². The van der Waals surface area contributed by atoms with Gasteiger partial charge in [0.15, 0.2) is 0 Å². The van der Waals surface area contributed by atoms with Gasteiger partial charge in [-0.05, 0) is 48.9 Å². The smallest absolute Gasteiger partial charge is 0.255 e. The van der Waals surface area contributed by atoms with E-state index in [0.717, 1.165) is 11.4 Å². The van der Waals surface area contributed by atoms with Crippen molar-refractivity contribution in [2.24, 2.45) is 0 Å². The molecule has 0 fully saturated rings. The van der Waals surface area contributed by atoms with Crippen molar-refractivity contribution in [3.63, 3.8) is 0 Å². The molecule has 0 saturated carbocycles. The topological polar surface area (TPSA) is 147 Å². The first-order valence-corrected chi connectivity index (χ1v) is 11.0. The number of carbonyl (C=O) groups is 1. The minimum atomic E-state index is -0.510. The molecule has 0 aliphatic rings. The van der Waals surface area contributed by atoms with E-state index in [1.54, 1.807) is 43.6 Å². The Morgan fingerprint density at radius 2 is 1.97 bits per heavy atom. The molecule has 176 valence electrons. The Bertz CT molecular complexity index is 1470. The van der Waals surface area contributed by atoms with Crippen molar-refractivity contribution in [3.8, 4) is 5.82 Å². The summed E-state index contributed by atoms with van der Waals surface area (Å²) >= 11 is 0. The molecule has 3 heterocycles. The Hall–Kier alpha value is -4.64. The molecule has 5 aromatic rings. The molecule has 2 aromatic carbocycles. The number of carbonyl (C=O) groups excluding carboxylic acids is 1. The van der Waals surface area contributed by atoms with E-state index in [2.05, 4.69) is 41.0 Å². The highest BCUT2D eigenvalue weighted by molar-refractivity contribution is 6.05. The number of aromatic nitrogens is 7. The quantitative estimate of drug-likeness (QED) is 0.271. The summed E-state index contributed by atoms with van der Waals surface area (Å²) in [5.41, 5.74) is 3.48. The molecular weight excluding hydrogens is 446 g/mol. The second-order valence-electron chi connectivity index (χ2n) is 8.04. The number of amides is 1. The average Bonchev–Trinajstić information content (AvgIpc) is 3.52. The number of nitrogens with zero attached hydrogens (tertiary/aromatic N) is 6. The molecule has 0 bridgehead atoms. The maximum atomic E-state index is 12.8. The highest BCUT2D eigenvalue weighted by atomic mass is 16.3. The Morgan fingerprint density at radius 3 is 2.86 bits per heavy atom. The lowest BCUT2D eigenvalue weighted by Gasteiger charge is -2.11. The molecule has 1 unspecified atom stereocenters. The summed E-state index contributed by atoms with van der Waals surface area (Å²) in [5, 5.41) is 26.0. The van der Waals surface area contributed by atoms with Gasteiger partial charge in [-0.1, -0.05) is 12.1 Å². The van der Waals surface area contributed by atoms with Gasteiger partial charge in [0, 0.05) is 42.8 Å². The van der Waals surface area contributed by atoms with Gasteiger partial charge in [0.2, 0.25) is 5.95 Å². The number of hydrogen-bond donors (Lipinski definition) is 4. The first kappa shape index (κ1) is 22.2. The van der Waals surface area contributed by atoms with E-state index < -0.39 is 6.10 Å². The fraction of sp³-hybridized carbons (Fsp3) is 0.167. The number of H-pyrrole nitrogens is 1. The predicted molar refractivity (Wildman–Crippen MR) is 130 cm³/mol. The first-order chi connectivity index (χ1) is 17.0. The van der Waals surface area contributed by atoms with Gasteiger partial charge in [0.25, 0.3) is 5.91 Å². The molecule has 35 heavy (non-hydrogen) atoms. The summed E-state index contributed by atoms with van der Waals surface area (Å²) in [4.78, 5) is 26.0. The van der Waals surface area contributed by atoms with Gasteiger partial charge < -0.3 is 15.7 Å². The Balaban J connectivity index is 1.31. The van der Waals surface area contributed by atoms with Crippen molar-refractivity contribution >= 4 is 28.6 Å². The number of aliphatic hydroxyl groups is 1. The van der Waals surface area contributed by atoms with Crippen LogP contribution in [0, 0.1) is 0 Å². The molecule has 11 heteroatoms. The molecule has 0 spiro atoms. The van der Waals surface area contributed by atoms with Crippen molar-refractivity contribution in [2.75, 3.05) is 17.2 Å². The lowest BCUT2D eigenvalue weighted by atomic mass is 10.1. The van der Waals surface area contributed by atoms with Crippen LogP contribution in [0.1, 0.15) is 28.7 Å². The van der Waals surface area contributed by atoms with Crippen molar-refractivity contribution < 1.29 is 9.90 Å². The van der Waals surface area contributed by atoms with Gasteiger partial charge in [-0.3, -0.25) is 9.36 Å². The maximum Gasteiger partial charge on any atom is 0.255 e. The SMILES string of the molecule is CC(O)CNc1nccc(-n2ccnc2Cc2cccc(NC(=O)c3ccc4n[nH]nc4c3)c2)n1. The summed E-state index contributed by atoms with van der Waals surface area (Å²) in [6.45, 7) is 2.04. The van der Waals surface area contributed by atoms with Gasteiger partial charge in [-0.2, -0.15) is 20.4 Å². The molecule has 0 radical (unpaired) electrons. The fourth-order valence-corrected chi connectivity index (χ4v) is 3.61. The van der Waals surface area contributed by atoms with Crippen LogP contribution in [0.2, 0.25) is 0 Å². The second kappa shape index (κ2) is 9.69. The van der Waals surface area contributed by atoms with Crippen LogP contribution in [-0.2, 0) is 6.42 Å². The number of hydrogen-bond acceptors (Lipinski definition) is 8. The highest BCUT2D eigenvalue weighted by Crippen LogP contribution is 2.18. The van der Waals surface area contributed by atoms with Gasteiger partial charge in [-0.25, -0.2) is 9.97 Å². The second-order valence-corrected chi connectivity index (χ2v) is 8.04. The standard InChI is InChI=1S/C24H23N9O2/c1-15(34)14-27-24-26-8-7-21(29-24)33-10-9-25-22(33)12-16-3-2-4-18(11-16)28-23(35)17-5-6-19-20(13-17)31-32-30-19/h2-11,13,15,34H,12,14H2,1H3,(H,28,35)(H,26,27,29)(H,30,31,32). The minimum Gasteiger partial charge on any atom is -0.392 e. The minimum absolute atomic E-state index is 0.230. The van der Waals surface area contributed by atoms with Crippen LogP contribution in [0.15, 0.2) is 67.1 Å². The molecule has 0 aliphatic carbocycles. The lowest BCUT2D eigenvalue weighted by Crippen LogP contribution is -2.17. The monoisotopic (exact) mass is 469 g/mol. The Kier molecular flexibility index (Phi) is 6.14. The van der Waals surface area contributed by atoms with Crippen LogP contribution in [0.25, 0.3) is 16.9 Å². The molecule has 1 atom stereocenters. The van der Waals surface area contributed by atoms with Crippen molar-refractivity contribution in [1.29, 1.82) is 0 Å². The molecule has 5 rings (SSSR count). The first-order valence-electron chi connectivity index (χ1n) is 11.0. The van der Waals surface area contributed by atoms with Gasteiger partial charge >= 0.3 is 0 Å². The normalized spacial score (nSPS) is 11.9. The third-order valence-corrected chi connectivity index (χ3v) is 5.29. The highest BCUT2D eigenvalue weighted by Gasteiger charge is 2.12. The third-order valence-electron chi connectivity index (χ3n) is 5.29. The van der Waals surface area contributed by atoms with Crippen LogP contribution in [0.3, 0.4) is 0 Å². The van der Waals surface area contributed by atoms with Crippen LogP contribution in [0.4, 0.5) is 11.6 Å². The van der Waals surface area contributed by atoms with Crippen LogP contribution >= 0.6 is 0 Å². The van der Waals surface area contributed by atoms with Gasteiger partial charge in [0.05, 0.1) is 6.10 Å². The van der Waals surface area contributed by atoms with Crippen LogP contribution in [-0.4, -0.2) is 58.6 Å². The van der Waals surface area contributed by atoms with E-state index in [1.165, 1.54) is 0 Å². The zero-order valence-electron chi connectivity index (χ0n) is 18.9. The zero-order valence-corrected chi connectivity index (χ0v) is 18.9. The van der Waals surface area contributed by atoms with E-state index >= 15 is 0 Å². The van der Waals surface area contributed by atoms with E-state index in [0.29, 0.717) is 47.0 Å². The Morgan fingerprint density at radius 1 is 1.09 bits per heavy atom. The summed E-state index contributed by atoms with van der Waals surface area (Å²) in [5.74, 6) is 1.64. The number of imidazole rings is 1. The maximum absolute atomic E-state index is 12.8. The zero-order chi connectivity index (χ0) is 24.2. The van der Waals surface area contributed by atoms with E-state index in [9.17, 15) is 9.90 Å². The number of fused-ring (bicyclic) bond motifs is 1. The van der Waals surface area contributed by atoms with Gasteiger partial charge in [-0.15, -0.1) is 0 Å². The van der Waals surface area contributed by atoms with E-state index in [4.69, 9.17) is 0 Å². The molecule has 11 nitrogen and oxygen atoms in total. The number of anilines is 2. The average molecular weight is 470 g/mol. The van der Waals surface area contributed by atoms with Crippen molar-refractivity contribution in [3.05, 3.63) is 84.1 Å². The molecule has 0 aliphatic heterocycles. The molecule has 0 saturated heterocycles. The molecule has 3 aromatic heterocycles. The number of nitrogens with one attached hydrogen (secondary N) is 3. The number of rotatable bonds is 8. The van der Waals surface area contributed by atoms with E-state index in [-0.39, 0.29) is 5.91 Å². The van der Waals surface area contributed by atoms with Gasteiger partial charge in [0.1, 0.15) is 22.7 Å². The molecule has 1 amide bonds. The Labute approximate surface area is 200 Å².